The number of carbonyl (C=O) groups is 1. The molecule has 160 valence electrons. The van der Waals surface area contributed by atoms with Crippen LogP contribution in [-0.2, 0) is 11.2 Å². The molecule has 1 saturated heterocycles. The number of fused-ring (bicyclic) bond motifs is 2. The highest BCUT2D eigenvalue weighted by Gasteiger charge is 2.43. The van der Waals surface area contributed by atoms with Crippen molar-refractivity contribution in [2.75, 3.05) is 20.1 Å². The van der Waals surface area contributed by atoms with Gasteiger partial charge in [-0.3, -0.25) is 9.59 Å². The third kappa shape index (κ3) is 3.81. The van der Waals surface area contributed by atoms with Crippen LogP contribution in [0.1, 0.15) is 36.6 Å². The summed E-state index contributed by atoms with van der Waals surface area (Å²) in [7, 11) is 2.13. The summed E-state index contributed by atoms with van der Waals surface area (Å²) >= 11 is 0. The molecule has 31 heavy (non-hydrogen) atoms. The van der Waals surface area contributed by atoms with E-state index >= 15 is 0 Å². The molecule has 2 aliphatic heterocycles. The fraction of sp³-hybridized carbons (Fsp3) is 0.375. The predicted octanol–water partition coefficient (Wildman–Crippen LogP) is 2.57. The Balaban J connectivity index is 1.39. The predicted molar refractivity (Wildman–Crippen MR) is 118 cm³/mol. The molecule has 5 rings (SSSR count). The number of rotatable bonds is 3. The zero-order valence-electron chi connectivity index (χ0n) is 17.6. The molecule has 0 bridgehead atoms. The van der Waals surface area contributed by atoms with Crippen LogP contribution in [0.2, 0.25) is 0 Å². The SMILES string of the molecule is CN1CCC2(CC1)CC(NC(=O)Cc1n[nH]c(=O)c3ccccc13)c1ccccc1O2. The van der Waals surface area contributed by atoms with Crippen LogP contribution in [-0.4, -0.2) is 46.7 Å². The summed E-state index contributed by atoms with van der Waals surface area (Å²) in [5.74, 6) is 0.741. The standard InChI is InChI=1S/C24H26N4O3/c1-28-12-10-24(11-13-28)15-20(18-8-4-5-9-21(18)31-24)25-22(29)14-19-16-6-2-3-7-17(16)23(30)27-26-19/h2-9,20H,10-15H2,1H3,(H,25,29)(H,27,30). The highest BCUT2D eigenvalue weighted by atomic mass is 16.5. The number of nitrogens with zero attached hydrogens (tertiary/aromatic N) is 2. The lowest BCUT2D eigenvalue weighted by Gasteiger charge is -2.46. The molecule has 3 aromatic rings. The summed E-state index contributed by atoms with van der Waals surface area (Å²) in [4.78, 5) is 27.4. The number of benzene rings is 2. The van der Waals surface area contributed by atoms with Crippen LogP contribution in [0.4, 0.5) is 0 Å². The van der Waals surface area contributed by atoms with E-state index in [0.29, 0.717) is 16.5 Å². The van der Waals surface area contributed by atoms with Crippen LogP contribution < -0.4 is 15.6 Å². The summed E-state index contributed by atoms with van der Waals surface area (Å²) in [6.45, 7) is 1.96. The lowest BCUT2D eigenvalue weighted by atomic mass is 9.80. The first-order valence-corrected chi connectivity index (χ1v) is 10.8. The van der Waals surface area contributed by atoms with Gasteiger partial charge in [0, 0.05) is 30.5 Å². The summed E-state index contributed by atoms with van der Waals surface area (Å²) in [5.41, 5.74) is 1.09. The molecular formula is C24H26N4O3. The Morgan fingerprint density at radius 3 is 2.68 bits per heavy atom. The molecule has 2 N–H and O–H groups in total. The number of likely N-dealkylation sites (tertiary alicyclic amines) is 1. The van der Waals surface area contributed by atoms with E-state index in [4.69, 9.17) is 4.74 Å². The number of nitrogens with one attached hydrogen (secondary N) is 2. The van der Waals surface area contributed by atoms with E-state index in [1.54, 1.807) is 12.1 Å². The normalized spacial score (nSPS) is 20.2. The summed E-state index contributed by atoms with van der Waals surface area (Å²) in [6, 6.07) is 15.1. The molecule has 2 aliphatic rings. The van der Waals surface area contributed by atoms with Crippen molar-refractivity contribution >= 4 is 16.7 Å². The zero-order chi connectivity index (χ0) is 21.4. The average molecular weight is 418 g/mol. The Hall–Kier alpha value is -3.19. The van der Waals surface area contributed by atoms with Gasteiger partial charge in [0.2, 0.25) is 5.91 Å². The number of hydrogen-bond acceptors (Lipinski definition) is 5. The molecule has 1 fully saturated rings. The van der Waals surface area contributed by atoms with E-state index in [2.05, 4.69) is 27.5 Å². The first kappa shape index (κ1) is 19.8. The first-order valence-electron chi connectivity index (χ1n) is 10.8. The van der Waals surface area contributed by atoms with E-state index in [1.165, 1.54) is 0 Å². The molecule has 1 atom stereocenters. The van der Waals surface area contributed by atoms with Crippen LogP contribution >= 0.6 is 0 Å². The fourth-order valence-electron chi connectivity index (χ4n) is 4.78. The second-order valence-electron chi connectivity index (χ2n) is 8.67. The van der Waals surface area contributed by atoms with E-state index in [9.17, 15) is 9.59 Å². The molecule has 0 saturated carbocycles. The molecule has 0 aliphatic carbocycles. The quantitative estimate of drug-likeness (QED) is 0.683. The van der Waals surface area contributed by atoms with Gasteiger partial charge in [-0.1, -0.05) is 36.4 Å². The van der Waals surface area contributed by atoms with Crippen LogP contribution in [0.15, 0.2) is 53.3 Å². The molecule has 1 unspecified atom stereocenters. The van der Waals surface area contributed by atoms with Gasteiger partial charge in [0.15, 0.2) is 0 Å². The smallest absolute Gasteiger partial charge is 0.272 e. The Bertz CT molecular complexity index is 1180. The Morgan fingerprint density at radius 2 is 1.87 bits per heavy atom. The number of aromatic nitrogens is 2. The minimum atomic E-state index is -0.248. The highest BCUT2D eigenvalue weighted by Crippen LogP contribution is 2.44. The molecule has 1 spiro atoms. The van der Waals surface area contributed by atoms with Gasteiger partial charge in [-0.2, -0.15) is 5.10 Å². The van der Waals surface area contributed by atoms with E-state index in [1.807, 2.05) is 36.4 Å². The summed E-state index contributed by atoms with van der Waals surface area (Å²) in [5, 5.41) is 11.1. The number of aromatic amines is 1. The minimum Gasteiger partial charge on any atom is -0.487 e. The first-order chi connectivity index (χ1) is 15.0. The highest BCUT2D eigenvalue weighted by molar-refractivity contribution is 5.88. The third-order valence-corrected chi connectivity index (χ3v) is 6.53. The van der Waals surface area contributed by atoms with E-state index in [-0.39, 0.29) is 29.5 Å². The molecular weight excluding hydrogens is 392 g/mol. The fourth-order valence-corrected chi connectivity index (χ4v) is 4.78. The average Bonchev–Trinajstić information content (AvgIpc) is 2.78. The number of para-hydroxylation sites is 1. The summed E-state index contributed by atoms with van der Waals surface area (Å²) < 4.78 is 6.48. The molecule has 3 heterocycles. The number of piperidine rings is 1. The Kier molecular flexibility index (Phi) is 4.98. The van der Waals surface area contributed by atoms with Gasteiger partial charge in [-0.15, -0.1) is 0 Å². The van der Waals surface area contributed by atoms with E-state index < -0.39 is 0 Å². The van der Waals surface area contributed by atoms with Gasteiger partial charge < -0.3 is 15.0 Å². The van der Waals surface area contributed by atoms with Gasteiger partial charge in [0.25, 0.3) is 5.56 Å². The maximum atomic E-state index is 13.1. The minimum absolute atomic E-state index is 0.104. The van der Waals surface area contributed by atoms with Crippen LogP contribution in [0.25, 0.3) is 10.8 Å². The lowest BCUT2D eigenvalue weighted by Crippen LogP contribution is -2.51. The monoisotopic (exact) mass is 418 g/mol. The maximum Gasteiger partial charge on any atom is 0.272 e. The largest absolute Gasteiger partial charge is 0.487 e. The van der Waals surface area contributed by atoms with E-state index in [0.717, 1.165) is 43.7 Å². The van der Waals surface area contributed by atoms with Gasteiger partial charge in [-0.25, -0.2) is 5.10 Å². The molecule has 0 radical (unpaired) electrons. The molecule has 2 aromatic carbocycles. The molecule has 7 heteroatoms. The molecule has 1 amide bonds. The van der Waals surface area contributed by atoms with Crippen molar-refractivity contribution in [1.82, 2.24) is 20.4 Å². The summed E-state index contributed by atoms with van der Waals surface area (Å²) in [6.07, 6.45) is 2.74. The lowest BCUT2D eigenvalue weighted by molar-refractivity contribution is -0.122. The van der Waals surface area contributed by atoms with Crippen molar-refractivity contribution in [2.24, 2.45) is 0 Å². The number of amides is 1. The number of carbonyl (C=O) groups excluding carboxylic acids is 1. The van der Waals surface area contributed by atoms with Crippen LogP contribution in [0.5, 0.6) is 5.75 Å². The van der Waals surface area contributed by atoms with Crippen molar-refractivity contribution < 1.29 is 9.53 Å². The second kappa shape index (κ2) is 7.81. The molecule has 7 nitrogen and oxygen atoms in total. The maximum absolute atomic E-state index is 13.1. The van der Waals surface area contributed by atoms with Crippen molar-refractivity contribution in [1.29, 1.82) is 0 Å². The van der Waals surface area contributed by atoms with Gasteiger partial charge in [-0.05, 0) is 32.0 Å². The number of hydrogen-bond donors (Lipinski definition) is 2. The zero-order valence-corrected chi connectivity index (χ0v) is 17.6. The Labute approximate surface area is 180 Å². The van der Waals surface area contributed by atoms with Crippen molar-refractivity contribution in [2.45, 2.75) is 37.3 Å². The Morgan fingerprint density at radius 1 is 1.16 bits per heavy atom. The number of ether oxygens (including phenoxy) is 1. The van der Waals surface area contributed by atoms with Gasteiger partial charge >= 0.3 is 0 Å². The van der Waals surface area contributed by atoms with Crippen molar-refractivity contribution in [3.05, 3.63) is 70.1 Å². The van der Waals surface area contributed by atoms with Crippen molar-refractivity contribution in [3.8, 4) is 5.75 Å². The molecule has 1 aromatic heterocycles. The van der Waals surface area contributed by atoms with Crippen molar-refractivity contribution in [3.63, 3.8) is 0 Å². The van der Waals surface area contributed by atoms with Gasteiger partial charge in [0.1, 0.15) is 11.4 Å². The van der Waals surface area contributed by atoms with Crippen LogP contribution in [0, 0.1) is 0 Å². The second-order valence-corrected chi connectivity index (χ2v) is 8.67. The number of H-pyrrole nitrogens is 1. The third-order valence-electron chi connectivity index (χ3n) is 6.53. The topological polar surface area (TPSA) is 87.3 Å². The van der Waals surface area contributed by atoms with Crippen LogP contribution in [0.3, 0.4) is 0 Å². The van der Waals surface area contributed by atoms with Gasteiger partial charge in [0.05, 0.1) is 23.5 Å².